The first kappa shape index (κ1) is 21.0. The summed E-state index contributed by atoms with van der Waals surface area (Å²) in [6, 6.07) is 0. The van der Waals surface area contributed by atoms with E-state index in [-0.39, 0.29) is 40.6 Å². The van der Waals surface area contributed by atoms with E-state index in [9.17, 15) is 14.4 Å². The standard InChI is InChI=1S/C25H37NO3S/c1-14-4-6-17-16(10-14)5-7-19-18(17)8-9-25(3)20(11-15(2)23(19)25)21(27)12-26-22(28)13-30-24(26)29/h14-20,23H,4-13H2,1-3H3/t14-,15+,16+,17-,18+,19+,20+,23?,25+/m0/s1. The van der Waals surface area contributed by atoms with Gasteiger partial charge in [0.15, 0.2) is 5.78 Å². The molecule has 2 amide bonds. The number of hydrogen-bond donors (Lipinski definition) is 0. The summed E-state index contributed by atoms with van der Waals surface area (Å²) in [4.78, 5) is 38.6. The number of hydrogen-bond acceptors (Lipinski definition) is 4. The first-order valence-corrected chi connectivity index (χ1v) is 13.3. The molecule has 0 spiro atoms. The van der Waals surface area contributed by atoms with Crippen molar-refractivity contribution < 1.29 is 14.4 Å². The van der Waals surface area contributed by atoms with Crippen molar-refractivity contribution in [3.63, 3.8) is 0 Å². The molecule has 0 bridgehead atoms. The molecule has 4 nitrogen and oxygen atoms in total. The van der Waals surface area contributed by atoms with Crippen LogP contribution in [0.1, 0.15) is 72.1 Å². The van der Waals surface area contributed by atoms with Gasteiger partial charge < -0.3 is 0 Å². The number of Topliss-reactive ketones (excluding diaryl/α,β-unsaturated/α-hetero) is 1. The number of amides is 2. The highest BCUT2D eigenvalue weighted by Gasteiger charge is 2.60. The smallest absolute Gasteiger partial charge is 0.289 e. The third kappa shape index (κ3) is 3.20. The van der Waals surface area contributed by atoms with Crippen molar-refractivity contribution in [1.29, 1.82) is 0 Å². The van der Waals surface area contributed by atoms with Gasteiger partial charge in [-0.15, -0.1) is 0 Å². The van der Waals surface area contributed by atoms with Crippen molar-refractivity contribution in [2.45, 2.75) is 72.1 Å². The van der Waals surface area contributed by atoms with Gasteiger partial charge >= 0.3 is 0 Å². The summed E-state index contributed by atoms with van der Waals surface area (Å²) in [5.74, 6) is 5.74. The van der Waals surface area contributed by atoms with Gasteiger partial charge in [0.2, 0.25) is 5.91 Å². The van der Waals surface area contributed by atoms with E-state index in [2.05, 4.69) is 20.8 Å². The number of thioether (sulfide) groups is 1. The Labute approximate surface area is 185 Å². The molecular formula is C25H37NO3S. The van der Waals surface area contributed by atoms with Crippen molar-refractivity contribution in [2.75, 3.05) is 12.3 Å². The summed E-state index contributed by atoms with van der Waals surface area (Å²) in [6.45, 7) is 7.18. The molecule has 0 aromatic heterocycles. The van der Waals surface area contributed by atoms with Gasteiger partial charge in [-0.3, -0.25) is 19.3 Å². The zero-order valence-electron chi connectivity index (χ0n) is 18.8. The number of nitrogens with zero attached hydrogens (tertiary/aromatic N) is 1. The molecule has 4 aliphatic carbocycles. The van der Waals surface area contributed by atoms with E-state index >= 15 is 0 Å². The molecule has 0 aromatic carbocycles. The second-order valence-electron chi connectivity index (χ2n) is 11.6. The lowest BCUT2D eigenvalue weighted by Gasteiger charge is -2.56. The van der Waals surface area contributed by atoms with Crippen LogP contribution in [0.2, 0.25) is 0 Å². The molecule has 1 unspecified atom stereocenters. The number of carbonyl (C=O) groups is 3. The minimum atomic E-state index is -0.241. The van der Waals surface area contributed by atoms with Crippen LogP contribution in [0, 0.1) is 52.8 Å². The molecule has 166 valence electrons. The summed E-state index contributed by atoms with van der Waals surface area (Å²) in [7, 11) is 0. The summed E-state index contributed by atoms with van der Waals surface area (Å²) < 4.78 is 0. The fourth-order valence-electron chi connectivity index (χ4n) is 8.93. The molecule has 5 heteroatoms. The van der Waals surface area contributed by atoms with Gasteiger partial charge in [-0.05, 0) is 91.8 Å². The van der Waals surface area contributed by atoms with Gasteiger partial charge in [0.1, 0.15) is 0 Å². The normalized spacial score (nSPS) is 48.3. The van der Waals surface area contributed by atoms with Crippen LogP contribution >= 0.6 is 11.8 Å². The molecule has 5 fully saturated rings. The highest BCUT2D eigenvalue weighted by Crippen LogP contribution is 2.66. The zero-order chi connectivity index (χ0) is 21.2. The second-order valence-corrected chi connectivity index (χ2v) is 12.5. The van der Waals surface area contributed by atoms with Crippen LogP contribution in [0.3, 0.4) is 0 Å². The number of rotatable bonds is 3. The minimum absolute atomic E-state index is 0.00104. The maximum Gasteiger partial charge on any atom is 0.289 e. The number of carbonyl (C=O) groups excluding carboxylic acids is 3. The van der Waals surface area contributed by atoms with Crippen LogP contribution in [0.25, 0.3) is 0 Å². The Morgan fingerprint density at radius 3 is 2.53 bits per heavy atom. The topological polar surface area (TPSA) is 54.5 Å². The van der Waals surface area contributed by atoms with E-state index < -0.39 is 0 Å². The Balaban J connectivity index is 1.34. The lowest BCUT2D eigenvalue weighted by molar-refractivity contribution is -0.135. The molecule has 0 aromatic rings. The molecule has 4 saturated carbocycles. The number of imide groups is 1. The van der Waals surface area contributed by atoms with Crippen molar-refractivity contribution in [3.05, 3.63) is 0 Å². The van der Waals surface area contributed by atoms with Gasteiger partial charge in [0.25, 0.3) is 5.24 Å². The maximum absolute atomic E-state index is 13.4. The average Bonchev–Trinajstić information content (AvgIpc) is 3.17. The van der Waals surface area contributed by atoms with Crippen LogP contribution in [0.4, 0.5) is 4.79 Å². The van der Waals surface area contributed by atoms with Gasteiger partial charge in [0.05, 0.1) is 12.3 Å². The van der Waals surface area contributed by atoms with E-state index in [4.69, 9.17) is 0 Å². The third-order valence-corrected chi connectivity index (χ3v) is 10.9. The SMILES string of the molecule is C[C@H]1CC[C@H]2[C@H](CC[C@H]3C4[C@H](C)C[C@H](C(=O)CN5C(=O)CSC5=O)[C@@]4(C)CC[C@H]23)C1. The number of fused-ring (bicyclic) bond motifs is 5. The first-order chi connectivity index (χ1) is 14.3. The van der Waals surface area contributed by atoms with E-state index in [1.165, 1.54) is 43.4 Å². The Kier molecular flexibility index (Phi) is 5.35. The van der Waals surface area contributed by atoms with Crippen molar-refractivity contribution >= 4 is 28.7 Å². The van der Waals surface area contributed by atoms with Gasteiger partial charge in [0, 0.05) is 5.92 Å². The van der Waals surface area contributed by atoms with Gasteiger partial charge in [-0.25, -0.2) is 0 Å². The van der Waals surface area contributed by atoms with Gasteiger partial charge in [-0.2, -0.15) is 0 Å². The van der Waals surface area contributed by atoms with E-state index in [0.717, 1.165) is 54.2 Å². The average molecular weight is 432 g/mol. The quantitative estimate of drug-likeness (QED) is 0.600. The van der Waals surface area contributed by atoms with E-state index in [1.807, 2.05) is 0 Å². The number of ketones is 1. The summed E-state index contributed by atoms with van der Waals surface area (Å²) in [5.41, 5.74) is 0.0470. The first-order valence-electron chi connectivity index (χ1n) is 12.3. The summed E-state index contributed by atoms with van der Waals surface area (Å²) in [6.07, 6.45) is 10.4. The molecule has 5 rings (SSSR count). The highest BCUT2D eigenvalue weighted by molar-refractivity contribution is 8.14. The highest BCUT2D eigenvalue weighted by atomic mass is 32.2. The fraction of sp³-hybridized carbons (Fsp3) is 0.880. The van der Waals surface area contributed by atoms with Crippen molar-refractivity contribution in [2.24, 2.45) is 52.8 Å². The summed E-state index contributed by atoms with van der Waals surface area (Å²) >= 11 is 1.03. The van der Waals surface area contributed by atoms with Crippen LogP contribution < -0.4 is 0 Å². The van der Waals surface area contributed by atoms with Crippen LogP contribution in [-0.4, -0.2) is 34.1 Å². The fourth-order valence-corrected chi connectivity index (χ4v) is 9.65. The van der Waals surface area contributed by atoms with Crippen molar-refractivity contribution in [1.82, 2.24) is 4.90 Å². The Hall–Kier alpha value is -0.840. The molecular weight excluding hydrogens is 394 g/mol. The molecule has 5 aliphatic rings. The molecule has 0 radical (unpaired) electrons. The largest absolute Gasteiger partial charge is 0.297 e. The Bertz CT molecular complexity index is 737. The Morgan fingerprint density at radius 1 is 1.03 bits per heavy atom. The van der Waals surface area contributed by atoms with Gasteiger partial charge in [-0.1, -0.05) is 39.0 Å². The van der Waals surface area contributed by atoms with Crippen LogP contribution in [0.15, 0.2) is 0 Å². The summed E-state index contributed by atoms with van der Waals surface area (Å²) in [5, 5.41) is -0.241. The van der Waals surface area contributed by atoms with E-state index in [1.54, 1.807) is 0 Å². The zero-order valence-corrected chi connectivity index (χ0v) is 19.6. The molecule has 1 saturated heterocycles. The third-order valence-electron chi connectivity index (χ3n) is 10.1. The van der Waals surface area contributed by atoms with Crippen LogP contribution in [-0.2, 0) is 9.59 Å². The lowest BCUT2D eigenvalue weighted by Crippen LogP contribution is -2.51. The predicted octanol–water partition coefficient (Wildman–Crippen LogP) is 5.40. The predicted molar refractivity (Wildman–Crippen MR) is 119 cm³/mol. The van der Waals surface area contributed by atoms with Crippen LogP contribution in [0.5, 0.6) is 0 Å². The molecule has 9 atom stereocenters. The maximum atomic E-state index is 13.4. The Morgan fingerprint density at radius 2 is 1.80 bits per heavy atom. The van der Waals surface area contributed by atoms with Crippen molar-refractivity contribution in [3.8, 4) is 0 Å². The molecule has 1 heterocycles. The molecule has 0 N–H and O–H groups in total. The monoisotopic (exact) mass is 431 g/mol. The lowest BCUT2D eigenvalue weighted by atomic mass is 9.48. The minimum Gasteiger partial charge on any atom is -0.297 e. The molecule has 30 heavy (non-hydrogen) atoms. The second kappa shape index (κ2) is 7.64. The molecule has 1 aliphatic heterocycles. The van der Waals surface area contributed by atoms with E-state index in [0.29, 0.717) is 11.8 Å².